The van der Waals surface area contributed by atoms with Crippen molar-refractivity contribution in [3.8, 4) is 17.2 Å². The summed E-state index contributed by atoms with van der Waals surface area (Å²) >= 11 is 5.77. The molecule has 1 N–H and O–H groups in total. The molecule has 3 rings (SSSR count). The Bertz CT molecular complexity index is 1350. The van der Waals surface area contributed by atoms with E-state index in [1.807, 2.05) is 0 Å². The fourth-order valence-electron chi connectivity index (χ4n) is 2.87. The largest absolute Gasteiger partial charge is 0.453 e. The Kier molecular flexibility index (Phi) is 7.54. The summed E-state index contributed by atoms with van der Waals surface area (Å²) in [4.78, 5) is 37.0. The average molecular weight is 528 g/mol. The summed E-state index contributed by atoms with van der Waals surface area (Å²) < 4.78 is 61.5. The smallest absolute Gasteiger partial charge is 0.449 e. The molecule has 8 nitrogen and oxygen atoms in total. The van der Waals surface area contributed by atoms with Crippen LogP contribution < -0.4 is 20.2 Å². The first kappa shape index (κ1) is 26.9. The van der Waals surface area contributed by atoms with Gasteiger partial charge in [-0.05, 0) is 64.1 Å². The van der Waals surface area contributed by atoms with Gasteiger partial charge >= 0.3 is 18.2 Å². The number of nitrogens with one attached hydrogen (secondary N) is 1. The summed E-state index contributed by atoms with van der Waals surface area (Å²) in [6.45, 7) is 6.24. The van der Waals surface area contributed by atoms with Crippen molar-refractivity contribution in [2.45, 2.75) is 45.5 Å². The number of hydrogen-bond acceptors (Lipinski definition) is 7. The summed E-state index contributed by atoms with van der Waals surface area (Å²) in [6.07, 6.45) is -5.94. The molecule has 0 spiro atoms. The van der Waals surface area contributed by atoms with E-state index >= 15 is 0 Å². The highest BCUT2D eigenvalue weighted by Gasteiger charge is 2.40. The molecular formula is C24H21ClF3NO7. The predicted molar refractivity (Wildman–Crippen MR) is 123 cm³/mol. The van der Waals surface area contributed by atoms with Gasteiger partial charge in [-0.3, -0.25) is 4.79 Å². The Morgan fingerprint density at radius 2 is 1.64 bits per heavy atom. The van der Waals surface area contributed by atoms with Crippen molar-refractivity contribution in [2.75, 3.05) is 0 Å². The molecule has 1 atom stereocenters. The Morgan fingerprint density at radius 1 is 1.03 bits per heavy atom. The summed E-state index contributed by atoms with van der Waals surface area (Å²) in [5.74, 6) is -3.93. The van der Waals surface area contributed by atoms with Gasteiger partial charge < -0.3 is 23.9 Å². The molecule has 1 amide bonds. The van der Waals surface area contributed by atoms with Crippen LogP contribution in [0.4, 0.5) is 18.0 Å². The van der Waals surface area contributed by atoms with E-state index in [4.69, 9.17) is 30.2 Å². The highest BCUT2D eigenvalue weighted by molar-refractivity contribution is 6.30. The molecule has 1 heterocycles. The van der Waals surface area contributed by atoms with Crippen molar-refractivity contribution in [3.63, 3.8) is 0 Å². The van der Waals surface area contributed by atoms with Gasteiger partial charge in [0.15, 0.2) is 0 Å². The zero-order chi connectivity index (χ0) is 26.8. The molecule has 0 unspecified atom stereocenters. The summed E-state index contributed by atoms with van der Waals surface area (Å²) in [5, 5.41) is 2.36. The highest BCUT2D eigenvalue weighted by atomic mass is 35.5. The van der Waals surface area contributed by atoms with Crippen molar-refractivity contribution in [3.05, 3.63) is 63.5 Å². The van der Waals surface area contributed by atoms with Crippen molar-refractivity contribution in [2.24, 2.45) is 0 Å². The minimum Gasteiger partial charge on any atom is -0.449 e. The predicted octanol–water partition coefficient (Wildman–Crippen LogP) is 6.08. The van der Waals surface area contributed by atoms with Crippen molar-refractivity contribution >= 4 is 34.6 Å². The molecular weight excluding hydrogens is 507 g/mol. The van der Waals surface area contributed by atoms with Gasteiger partial charge in [0.05, 0.1) is 5.39 Å². The van der Waals surface area contributed by atoms with E-state index in [9.17, 15) is 27.6 Å². The first-order valence-electron chi connectivity index (χ1n) is 10.5. The van der Waals surface area contributed by atoms with Crippen LogP contribution in [0.5, 0.6) is 17.2 Å². The molecule has 1 aromatic heterocycles. The highest BCUT2D eigenvalue weighted by Crippen LogP contribution is 2.38. The van der Waals surface area contributed by atoms with E-state index < -0.39 is 52.4 Å². The SMILES string of the molecule is C[C@@H](NC(=O)OC(C)(C)C)C(=O)Oc1ccc2c(=O)c(Oc3ccc(Cl)cc3)c(C(F)(F)F)oc2c1. The maximum Gasteiger partial charge on any atom is 0.453 e. The Hall–Kier alpha value is -3.73. The monoisotopic (exact) mass is 527 g/mol. The number of fused-ring (bicyclic) bond motifs is 1. The van der Waals surface area contributed by atoms with E-state index in [1.54, 1.807) is 20.8 Å². The molecule has 0 bridgehead atoms. The van der Waals surface area contributed by atoms with Crippen LogP contribution in [0.15, 0.2) is 51.7 Å². The van der Waals surface area contributed by atoms with Gasteiger partial charge in [0.25, 0.3) is 5.76 Å². The van der Waals surface area contributed by atoms with E-state index in [-0.39, 0.29) is 16.9 Å². The van der Waals surface area contributed by atoms with Crippen LogP contribution in [-0.4, -0.2) is 23.7 Å². The maximum absolute atomic E-state index is 13.7. The molecule has 2 aromatic carbocycles. The lowest BCUT2D eigenvalue weighted by Crippen LogP contribution is -2.43. The molecule has 0 saturated heterocycles. The lowest BCUT2D eigenvalue weighted by Gasteiger charge is -2.21. The molecule has 0 radical (unpaired) electrons. The molecule has 0 aliphatic carbocycles. The number of ether oxygens (including phenoxy) is 3. The topological polar surface area (TPSA) is 104 Å². The quantitative estimate of drug-likeness (QED) is 0.317. The fourth-order valence-corrected chi connectivity index (χ4v) is 2.99. The minimum absolute atomic E-state index is 0.0615. The van der Waals surface area contributed by atoms with E-state index in [0.717, 1.165) is 12.1 Å². The Labute approximate surface area is 207 Å². The number of halogens is 4. The third-order valence-corrected chi connectivity index (χ3v) is 4.67. The van der Waals surface area contributed by atoms with Crippen LogP contribution in [0.2, 0.25) is 5.02 Å². The van der Waals surface area contributed by atoms with Gasteiger partial charge in [-0.25, -0.2) is 9.59 Å². The van der Waals surface area contributed by atoms with Gasteiger partial charge in [-0.2, -0.15) is 13.2 Å². The lowest BCUT2D eigenvalue weighted by molar-refractivity contribution is -0.154. The van der Waals surface area contributed by atoms with Gasteiger partial charge in [-0.1, -0.05) is 11.6 Å². The fraction of sp³-hybridized carbons (Fsp3) is 0.292. The van der Waals surface area contributed by atoms with Gasteiger partial charge in [0, 0.05) is 11.1 Å². The van der Waals surface area contributed by atoms with Crippen LogP contribution in [0.3, 0.4) is 0 Å². The number of esters is 1. The molecule has 3 aromatic rings. The van der Waals surface area contributed by atoms with Crippen molar-refractivity contribution in [1.82, 2.24) is 5.32 Å². The zero-order valence-electron chi connectivity index (χ0n) is 19.5. The van der Waals surface area contributed by atoms with Gasteiger partial charge in [-0.15, -0.1) is 0 Å². The van der Waals surface area contributed by atoms with Crippen molar-refractivity contribution < 1.29 is 41.4 Å². The second kappa shape index (κ2) is 10.1. The van der Waals surface area contributed by atoms with E-state index in [0.29, 0.717) is 5.02 Å². The third kappa shape index (κ3) is 6.69. The number of alkyl halides is 3. The first-order chi connectivity index (χ1) is 16.6. The number of carbonyl (C=O) groups excluding carboxylic acids is 2. The van der Waals surface area contributed by atoms with Crippen LogP contribution >= 0.6 is 11.6 Å². The standard InChI is InChI=1S/C24H21ClF3NO7/c1-12(29-22(32)36-23(2,3)4)21(31)34-15-9-10-16-17(11-15)35-20(24(26,27)28)19(18(16)30)33-14-7-5-13(25)6-8-14/h5-12H,1-4H3,(H,29,32)/t12-/m1/s1. The summed E-state index contributed by atoms with van der Waals surface area (Å²) in [7, 11) is 0. The van der Waals surface area contributed by atoms with E-state index in [2.05, 4.69) is 5.32 Å². The summed E-state index contributed by atoms with van der Waals surface area (Å²) in [5.41, 5.74) is -2.37. The molecule has 12 heteroatoms. The van der Waals surface area contributed by atoms with Crippen molar-refractivity contribution in [1.29, 1.82) is 0 Å². The number of benzene rings is 2. The number of hydrogen-bond donors (Lipinski definition) is 1. The van der Waals surface area contributed by atoms with Crippen LogP contribution in [0, 0.1) is 0 Å². The second-order valence-corrected chi connectivity index (χ2v) is 9.03. The Balaban J connectivity index is 1.90. The normalized spacial score (nSPS) is 12.7. The van der Waals surface area contributed by atoms with Crippen LogP contribution in [0.25, 0.3) is 11.0 Å². The molecule has 36 heavy (non-hydrogen) atoms. The molecule has 0 fully saturated rings. The van der Waals surface area contributed by atoms with E-state index in [1.165, 1.54) is 37.3 Å². The van der Waals surface area contributed by atoms with Crippen LogP contribution in [0.1, 0.15) is 33.5 Å². The second-order valence-electron chi connectivity index (χ2n) is 8.59. The van der Waals surface area contributed by atoms with Gasteiger partial charge in [0.1, 0.15) is 28.7 Å². The first-order valence-corrected chi connectivity index (χ1v) is 10.8. The molecule has 0 aliphatic heterocycles. The van der Waals surface area contributed by atoms with Gasteiger partial charge in [0.2, 0.25) is 11.2 Å². The number of rotatable bonds is 5. The third-order valence-electron chi connectivity index (χ3n) is 4.42. The van der Waals surface area contributed by atoms with Crippen LogP contribution in [-0.2, 0) is 15.7 Å². The number of carbonyl (C=O) groups is 2. The maximum atomic E-state index is 13.7. The number of amides is 1. The Morgan fingerprint density at radius 3 is 2.22 bits per heavy atom. The summed E-state index contributed by atoms with van der Waals surface area (Å²) in [6, 6.07) is 7.47. The molecule has 192 valence electrons. The lowest BCUT2D eigenvalue weighted by atomic mass is 10.2. The average Bonchev–Trinajstić information content (AvgIpc) is 2.74. The minimum atomic E-state index is -5.08. The molecule has 0 saturated carbocycles. The zero-order valence-corrected chi connectivity index (χ0v) is 20.2. The number of alkyl carbamates (subject to hydrolysis) is 1. The molecule has 0 aliphatic rings.